The number of aromatic hydroxyl groups is 1. The lowest BCUT2D eigenvalue weighted by molar-refractivity contribution is -0.0582. The highest BCUT2D eigenvalue weighted by Crippen LogP contribution is 2.20. The fourth-order valence-electron chi connectivity index (χ4n) is 1.19. The van der Waals surface area contributed by atoms with Crippen LogP contribution in [0.25, 0.3) is 0 Å². The molecule has 0 saturated heterocycles. The highest BCUT2D eigenvalue weighted by molar-refractivity contribution is 9.10. The molecule has 0 unspecified atom stereocenters. The maximum atomic E-state index is 9.29. The molecule has 1 N–H and O–H groups in total. The monoisotopic (exact) mass is 333 g/mol. The van der Waals surface area contributed by atoms with Crippen molar-refractivity contribution in [3.63, 3.8) is 0 Å². The second-order valence-electron chi connectivity index (χ2n) is 5.30. The Balaban J connectivity index is 2.16. The topological polar surface area (TPSA) is 51.6 Å². The molecule has 1 aromatic rings. The summed E-state index contributed by atoms with van der Waals surface area (Å²) in [6.07, 6.45) is 0. The summed E-state index contributed by atoms with van der Waals surface area (Å²) < 4.78 is 11.2. The predicted octanol–water partition coefficient (Wildman–Crippen LogP) is 3.38. The van der Waals surface area contributed by atoms with E-state index >= 15 is 0 Å². The molecule has 0 amide bonds. The van der Waals surface area contributed by atoms with E-state index in [1.165, 1.54) is 0 Å². The fourth-order valence-corrected chi connectivity index (χ4v) is 2.30. The summed E-state index contributed by atoms with van der Waals surface area (Å²) in [6, 6.07) is 4.45. The molecule has 0 aliphatic heterocycles. The van der Waals surface area contributed by atoms with Gasteiger partial charge in [0.2, 0.25) is 0 Å². The summed E-state index contributed by atoms with van der Waals surface area (Å²) in [5.41, 5.74) is 0.758. The molecule has 0 aliphatic carbocycles. The van der Waals surface area contributed by atoms with E-state index in [1.807, 2.05) is 0 Å². The lowest BCUT2D eigenvalue weighted by Gasteiger charge is -2.15. The molecule has 4 nitrogen and oxygen atoms in total. The quantitative estimate of drug-likeness (QED) is 0.359. The second-order valence-corrected chi connectivity index (χ2v) is 11.7. The Morgan fingerprint density at radius 2 is 2.00 bits per heavy atom. The average molecular weight is 334 g/mol. The van der Waals surface area contributed by atoms with Gasteiger partial charge in [-0.05, 0) is 34.1 Å². The molecule has 1 aromatic heterocycles. The zero-order chi connectivity index (χ0) is 13.6. The van der Waals surface area contributed by atoms with Crippen LogP contribution in [0.2, 0.25) is 25.7 Å². The van der Waals surface area contributed by atoms with Gasteiger partial charge in [0.15, 0.2) is 0 Å². The normalized spacial score (nSPS) is 11.8. The van der Waals surface area contributed by atoms with Crippen LogP contribution in [0, 0.1) is 0 Å². The van der Waals surface area contributed by atoms with Crippen molar-refractivity contribution < 1.29 is 14.6 Å². The Bertz CT molecular complexity index is 382. The number of ether oxygens (including phenoxy) is 2. The van der Waals surface area contributed by atoms with E-state index in [1.54, 1.807) is 12.1 Å². The zero-order valence-electron chi connectivity index (χ0n) is 11.1. The maximum absolute atomic E-state index is 9.29. The van der Waals surface area contributed by atoms with Gasteiger partial charge in [-0.15, -0.1) is 0 Å². The molecule has 0 radical (unpaired) electrons. The van der Waals surface area contributed by atoms with E-state index in [2.05, 4.69) is 40.6 Å². The summed E-state index contributed by atoms with van der Waals surface area (Å²) in [5, 5.41) is 9.29. The van der Waals surface area contributed by atoms with Crippen molar-refractivity contribution >= 4 is 24.0 Å². The first-order valence-corrected chi connectivity index (χ1v) is 10.4. The number of hydrogen-bond donors (Lipinski definition) is 1. The summed E-state index contributed by atoms with van der Waals surface area (Å²) in [6.45, 7) is 8.36. The Hall–Kier alpha value is -0.433. The van der Waals surface area contributed by atoms with Crippen molar-refractivity contribution in [3.8, 4) is 5.75 Å². The van der Waals surface area contributed by atoms with Crippen molar-refractivity contribution in [2.24, 2.45) is 0 Å². The van der Waals surface area contributed by atoms with Crippen LogP contribution in [0.1, 0.15) is 5.69 Å². The summed E-state index contributed by atoms with van der Waals surface area (Å²) in [4.78, 5) is 4.12. The van der Waals surface area contributed by atoms with Crippen molar-refractivity contribution in [2.75, 3.05) is 13.4 Å². The van der Waals surface area contributed by atoms with Gasteiger partial charge in [-0.1, -0.05) is 19.6 Å². The van der Waals surface area contributed by atoms with Crippen LogP contribution in [0.15, 0.2) is 16.7 Å². The van der Waals surface area contributed by atoms with Gasteiger partial charge in [-0.3, -0.25) is 0 Å². The lowest BCUT2D eigenvalue weighted by Crippen LogP contribution is -2.22. The highest BCUT2D eigenvalue weighted by atomic mass is 79.9. The van der Waals surface area contributed by atoms with Crippen molar-refractivity contribution in [1.29, 1.82) is 0 Å². The Kier molecular flexibility index (Phi) is 6.27. The minimum Gasteiger partial charge on any atom is -0.505 e. The highest BCUT2D eigenvalue weighted by Gasteiger charge is 2.11. The van der Waals surface area contributed by atoms with Crippen LogP contribution in [-0.2, 0) is 16.1 Å². The van der Waals surface area contributed by atoms with Crippen molar-refractivity contribution in [3.05, 3.63) is 22.4 Å². The fraction of sp³-hybridized carbons (Fsp3) is 0.583. The molecule has 0 atom stereocenters. The van der Waals surface area contributed by atoms with E-state index in [0.717, 1.165) is 18.3 Å². The minimum atomic E-state index is -1.02. The van der Waals surface area contributed by atoms with E-state index in [-0.39, 0.29) is 12.5 Å². The van der Waals surface area contributed by atoms with Gasteiger partial charge in [-0.2, -0.15) is 0 Å². The molecule has 1 rings (SSSR count). The Labute approximate surface area is 117 Å². The molecule has 102 valence electrons. The molecule has 0 bridgehead atoms. The van der Waals surface area contributed by atoms with E-state index in [0.29, 0.717) is 11.2 Å². The first-order valence-electron chi connectivity index (χ1n) is 5.88. The van der Waals surface area contributed by atoms with Crippen LogP contribution in [0.5, 0.6) is 5.75 Å². The van der Waals surface area contributed by atoms with E-state index in [4.69, 9.17) is 9.47 Å². The van der Waals surface area contributed by atoms with Crippen LogP contribution in [0.4, 0.5) is 0 Å². The molecule has 6 heteroatoms. The summed E-state index contributed by atoms with van der Waals surface area (Å²) in [7, 11) is -1.02. The van der Waals surface area contributed by atoms with Crippen LogP contribution >= 0.6 is 15.9 Å². The largest absolute Gasteiger partial charge is 0.505 e. The molecule has 18 heavy (non-hydrogen) atoms. The molecule has 0 saturated carbocycles. The molecule has 0 aliphatic rings. The molecule has 0 spiro atoms. The molecular weight excluding hydrogens is 314 g/mol. The standard InChI is InChI=1S/C12H20BrNO3Si/c1-18(2,3)7-6-16-9-17-8-10-4-5-11(15)12(13)14-10/h4-5,15H,6-9H2,1-3H3. The maximum Gasteiger partial charge on any atom is 0.148 e. The van der Waals surface area contributed by atoms with Crippen LogP contribution in [0.3, 0.4) is 0 Å². The van der Waals surface area contributed by atoms with Crippen molar-refractivity contribution in [1.82, 2.24) is 4.98 Å². The first kappa shape index (κ1) is 15.6. The third kappa shape index (κ3) is 6.49. The van der Waals surface area contributed by atoms with Crippen LogP contribution in [-0.4, -0.2) is 31.6 Å². The van der Waals surface area contributed by atoms with Gasteiger partial charge in [0.05, 0.1) is 12.3 Å². The number of halogens is 1. The molecule has 1 heterocycles. The predicted molar refractivity (Wildman–Crippen MR) is 77.4 cm³/mol. The zero-order valence-corrected chi connectivity index (χ0v) is 13.7. The van der Waals surface area contributed by atoms with Gasteiger partial charge >= 0.3 is 0 Å². The number of pyridine rings is 1. The van der Waals surface area contributed by atoms with Gasteiger partial charge < -0.3 is 14.6 Å². The Morgan fingerprint density at radius 1 is 1.28 bits per heavy atom. The third-order valence-corrected chi connectivity index (χ3v) is 4.59. The molecule has 0 aromatic carbocycles. The first-order chi connectivity index (χ1) is 8.38. The van der Waals surface area contributed by atoms with Gasteiger partial charge in [0, 0.05) is 14.7 Å². The average Bonchev–Trinajstić information content (AvgIpc) is 2.26. The van der Waals surface area contributed by atoms with E-state index < -0.39 is 8.07 Å². The van der Waals surface area contributed by atoms with Crippen molar-refractivity contribution in [2.45, 2.75) is 32.3 Å². The molecule has 0 fully saturated rings. The number of aromatic nitrogens is 1. The number of hydrogen-bond acceptors (Lipinski definition) is 4. The lowest BCUT2D eigenvalue weighted by atomic mass is 10.3. The van der Waals surface area contributed by atoms with Gasteiger partial charge in [0.1, 0.15) is 17.1 Å². The van der Waals surface area contributed by atoms with Gasteiger partial charge in [-0.25, -0.2) is 4.98 Å². The SMILES string of the molecule is C[Si](C)(C)CCOCOCc1ccc(O)c(Br)n1. The van der Waals surface area contributed by atoms with Gasteiger partial charge in [0.25, 0.3) is 0 Å². The summed E-state index contributed by atoms with van der Waals surface area (Å²) in [5.74, 6) is 0.130. The summed E-state index contributed by atoms with van der Waals surface area (Å²) >= 11 is 3.16. The third-order valence-electron chi connectivity index (χ3n) is 2.30. The second kappa shape index (κ2) is 7.23. The van der Waals surface area contributed by atoms with Crippen LogP contribution < -0.4 is 0 Å². The number of nitrogens with zero attached hydrogens (tertiary/aromatic N) is 1. The van der Waals surface area contributed by atoms with E-state index in [9.17, 15) is 5.11 Å². The smallest absolute Gasteiger partial charge is 0.148 e. The Morgan fingerprint density at radius 3 is 2.61 bits per heavy atom. The minimum absolute atomic E-state index is 0.130. The molecular formula is C12H20BrNO3Si. The number of rotatable bonds is 7.